The summed E-state index contributed by atoms with van der Waals surface area (Å²) in [6, 6.07) is 30.5. The average Bonchev–Trinajstić information content (AvgIpc) is 2.96. The van der Waals surface area contributed by atoms with E-state index < -0.39 is 0 Å². The number of rotatable bonds is 17. The van der Waals surface area contributed by atoms with Gasteiger partial charge in [-0.3, -0.25) is 0 Å². The quantitative estimate of drug-likeness (QED) is 0.134. The van der Waals surface area contributed by atoms with Gasteiger partial charge in [-0.1, -0.05) is 99.2 Å². The van der Waals surface area contributed by atoms with E-state index in [0.717, 1.165) is 25.9 Å². The zero-order valence-corrected chi connectivity index (χ0v) is 25.5. The van der Waals surface area contributed by atoms with Gasteiger partial charge in [0.05, 0.1) is 0 Å². The highest BCUT2D eigenvalue weighted by molar-refractivity contribution is 5.24. The van der Waals surface area contributed by atoms with Crippen LogP contribution in [0.5, 0.6) is 0 Å². The molecule has 40 heavy (non-hydrogen) atoms. The van der Waals surface area contributed by atoms with Gasteiger partial charge in [0.15, 0.2) is 24.8 Å². The smallest absolute Gasteiger partial charge is 0.169 e. The van der Waals surface area contributed by atoms with Crippen LogP contribution in [0.15, 0.2) is 110 Å². The van der Waals surface area contributed by atoms with Crippen molar-refractivity contribution < 1.29 is 33.9 Å². The molecule has 0 saturated carbocycles. The first-order valence-electron chi connectivity index (χ1n) is 14.9. The van der Waals surface area contributed by atoms with E-state index in [1.54, 1.807) is 0 Å². The van der Waals surface area contributed by atoms with Gasteiger partial charge in [-0.25, -0.2) is 9.13 Å². The molecule has 2 heterocycles. The van der Waals surface area contributed by atoms with Gasteiger partial charge in [-0.05, 0) is 47.9 Å². The topological polar surface area (TPSA) is 7.76 Å². The van der Waals surface area contributed by atoms with Crippen molar-refractivity contribution in [1.82, 2.24) is 0 Å². The zero-order chi connectivity index (χ0) is 26.1. The number of pyridine rings is 2. The third-order valence-electron chi connectivity index (χ3n) is 7.51. The molecule has 0 N–H and O–H groups in total. The standard InChI is InChI=1S/C36H46N2.2ClH/c1(3-5-7-15-25-37-27-21-35(22-28-37)31-33-17-11-9-12-18-33)2-4-6-8-16-26-38-29-23-36(24-30-38)32-34-19-13-10-14-20-34;;/h9-14,17-24,27-30H,1-8,15-16,25-26,31-32H2;2*1H/q+2;;/p-2. The van der Waals surface area contributed by atoms with E-state index in [1.165, 1.54) is 86.5 Å². The number of hydrogen-bond donors (Lipinski definition) is 0. The molecule has 0 radical (unpaired) electrons. The van der Waals surface area contributed by atoms with Crippen LogP contribution >= 0.6 is 0 Å². The Morgan fingerprint density at radius 3 is 0.925 bits per heavy atom. The van der Waals surface area contributed by atoms with Gasteiger partial charge in [0.25, 0.3) is 0 Å². The Labute approximate surface area is 255 Å². The molecule has 214 valence electrons. The SMILES string of the molecule is [Cl-].[Cl-].c1ccc(Cc2cc[n+](CCCCCCCCCCCC[n+]3ccc(Cc4ccccc4)cc3)cc2)cc1. The second-order valence-electron chi connectivity index (χ2n) is 10.7. The fourth-order valence-electron chi connectivity index (χ4n) is 5.18. The molecule has 4 rings (SSSR count). The highest BCUT2D eigenvalue weighted by Gasteiger charge is 2.04. The number of benzene rings is 2. The highest BCUT2D eigenvalue weighted by atomic mass is 35.5. The predicted octanol–water partition coefficient (Wildman–Crippen LogP) is 2.05. The summed E-state index contributed by atoms with van der Waals surface area (Å²) in [7, 11) is 0. The molecule has 2 aromatic heterocycles. The molecule has 0 bridgehead atoms. The first-order valence-corrected chi connectivity index (χ1v) is 14.9. The van der Waals surface area contributed by atoms with Crippen LogP contribution in [0.25, 0.3) is 0 Å². The number of aromatic nitrogens is 2. The Balaban J connectivity index is 0.00000280. The lowest BCUT2D eigenvalue weighted by atomic mass is 10.1. The van der Waals surface area contributed by atoms with E-state index in [4.69, 9.17) is 0 Å². The monoisotopic (exact) mass is 576 g/mol. The Bertz CT molecular complexity index is 1050. The first-order chi connectivity index (χ1) is 18.8. The van der Waals surface area contributed by atoms with Gasteiger partial charge in [0, 0.05) is 37.1 Å². The van der Waals surface area contributed by atoms with E-state index in [-0.39, 0.29) is 24.8 Å². The van der Waals surface area contributed by atoms with Crippen LogP contribution in [0.3, 0.4) is 0 Å². The van der Waals surface area contributed by atoms with Crippen LogP contribution in [-0.4, -0.2) is 0 Å². The fourth-order valence-corrected chi connectivity index (χ4v) is 5.18. The second-order valence-corrected chi connectivity index (χ2v) is 10.7. The minimum Gasteiger partial charge on any atom is -1.00 e. The Kier molecular flexibility index (Phi) is 17.0. The summed E-state index contributed by atoms with van der Waals surface area (Å²) < 4.78 is 4.68. The van der Waals surface area contributed by atoms with Gasteiger partial charge in [0.2, 0.25) is 0 Å². The minimum atomic E-state index is 0. The van der Waals surface area contributed by atoms with E-state index >= 15 is 0 Å². The Morgan fingerprint density at radius 1 is 0.325 bits per heavy atom. The third-order valence-corrected chi connectivity index (χ3v) is 7.51. The molecule has 4 aromatic rings. The van der Waals surface area contributed by atoms with Crippen molar-refractivity contribution in [3.63, 3.8) is 0 Å². The largest absolute Gasteiger partial charge is 1.00 e. The molecule has 0 unspecified atom stereocenters. The molecule has 2 aromatic carbocycles. The lowest BCUT2D eigenvalue weighted by Crippen LogP contribution is -3.00. The number of nitrogens with zero attached hydrogens (tertiary/aromatic N) is 2. The molecule has 4 heteroatoms. The van der Waals surface area contributed by atoms with Gasteiger partial charge >= 0.3 is 0 Å². The molecule has 0 aliphatic heterocycles. The summed E-state index contributed by atoms with van der Waals surface area (Å²) in [6.45, 7) is 2.28. The predicted molar refractivity (Wildman–Crippen MR) is 158 cm³/mol. The maximum absolute atomic E-state index is 2.34. The van der Waals surface area contributed by atoms with E-state index in [2.05, 4.69) is 119 Å². The average molecular weight is 578 g/mol. The Morgan fingerprint density at radius 2 is 0.600 bits per heavy atom. The summed E-state index contributed by atoms with van der Waals surface area (Å²) in [5, 5.41) is 0. The van der Waals surface area contributed by atoms with Gasteiger partial charge in [-0.2, -0.15) is 0 Å². The summed E-state index contributed by atoms with van der Waals surface area (Å²) in [5.74, 6) is 0. The van der Waals surface area contributed by atoms with Crippen molar-refractivity contribution in [3.8, 4) is 0 Å². The van der Waals surface area contributed by atoms with Crippen molar-refractivity contribution in [3.05, 3.63) is 132 Å². The zero-order valence-electron chi connectivity index (χ0n) is 23.9. The third kappa shape index (κ3) is 13.1. The molecule has 0 saturated heterocycles. The second kappa shape index (κ2) is 20.2. The maximum Gasteiger partial charge on any atom is 0.169 e. The van der Waals surface area contributed by atoms with Crippen LogP contribution in [0.4, 0.5) is 0 Å². The van der Waals surface area contributed by atoms with Crippen LogP contribution in [-0.2, 0) is 25.9 Å². The van der Waals surface area contributed by atoms with Gasteiger partial charge in [-0.15, -0.1) is 0 Å². The molecule has 0 fully saturated rings. The van der Waals surface area contributed by atoms with Crippen LogP contribution in [0, 0.1) is 0 Å². The number of aryl methyl sites for hydroxylation is 2. The van der Waals surface area contributed by atoms with E-state index in [9.17, 15) is 0 Å². The number of unbranched alkanes of at least 4 members (excludes halogenated alkanes) is 9. The van der Waals surface area contributed by atoms with Crippen LogP contribution in [0.2, 0.25) is 0 Å². The molecular weight excluding hydrogens is 531 g/mol. The molecule has 2 nitrogen and oxygen atoms in total. The van der Waals surface area contributed by atoms with E-state index in [0.29, 0.717) is 0 Å². The maximum atomic E-state index is 2.34. The van der Waals surface area contributed by atoms with Crippen molar-refractivity contribution in [1.29, 1.82) is 0 Å². The van der Waals surface area contributed by atoms with Gasteiger partial charge < -0.3 is 24.8 Å². The number of halogens is 2. The van der Waals surface area contributed by atoms with Crippen molar-refractivity contribution in [2.45, 2.75) is 90.1 Å². The van der Waals surface area contributed by atoms with Crippen molar-refractivity contribution >= 4 is 0 Å². The van der Waals surface area contributed by atoms with Crippen LogP contribution in [0.1, 0.15) is 86.5 Å². The van der Waals surface area contributed by atoms with Crippen molar-refractivity contribution in [2.24, 2.45) is 0 Å². The molecule has 0 aliphatic carbocycles. The molecule has 0 amide bonds. The number of hydrogen-bond acceptors (Lipinski definition) is 0. The normalized spacial score (nSPS) is 10.5. The minimum absolute atomic E-state index is 0. The summed E-state index contributed by atoms with van der Waals surface area (Å²) >= 11 is 0. The fraction of sp³-hybridized carbons (Fsp3) is 0.389. The summed E-state index contributed by atoms with van der Waals surface area (Å²) in [6.07, 6.45) is 24.6. The molecular formula is C36H46Cl2N2. The lowest BCUT2D eigenvalue weighted by Gasteiger charge is -2.03. The van der Waals surface area contributed by atoms with E-state index in [1.807, 2.05) is 0 Å². The highest BCUT2D eigenvalue weighted by Crippen LogP contribution is 2.12. The Hall–Kier alpha value is -2.68. The summed E-state index contributed by atoms with van der Waals surface area (Å²) in [4.78, 5) is 0. The van der Waals surface area contributed by atoms with Gasteiger partial charge in [0.1, 0.15) is 13.1 Å². The molecule has 0 spiro atoms. The molecule has 0 atom stereocenters. The summed E-state index contributed by atoms with van der Waals surface area (Å²) in [5.41, 5.74) is 5.54. The van der Waals surface area contributed by atoms with Crippen molar-refractivity contribution in [2.75, 3.05) is 0 Å². The molecule has 0 aliphatic rings. The first kappa shape index (κ1) is 33.5. The lowest BCUT2D eigenvalue weighted by molar-refractivity contribution is -0.697. The van der Waals surface area contributed by atoms with Crippen LogP contribution < -0.4 is 33.9 Å².